The summed E-state index contributed by atoms with van der Waals surface area (Å²) in [5.41, 5.74) is 7.23. The summed E-state index contributed by atoms with van der Waals surface area (Å²) >= 11 is 0. The van der Waals surface area contributed by atoms with Crippen LogP contribution in [0.5, 0.6) is 0 Å². The number of nitrogen functional groups attached to an aromatic ring is 1. The van der Waals surface area contributed by atoms with Crippen LogP contribution in [0.4, 0.5) is 5.69 Å². The molecule has 4 N–H and O–H groups in total. The molecule has 2 amide bonds. The van der Waals surface area contributed by atoms with E-state index >= 15 is 0 Å². The summed E-state index contributed by atoms with van der Waals surface area (Å²) in [7, 11) is 0. The van der Waals surface area contributed by atoms with Crippen LogP contribution in [0.1, 0.15) is 42.7 Å². The van der Waals surface area contributed by atoms with E-state index in [1.165, 1.54) is 6.20 Å². The van der Waals surface area contributed by atoms with Crippen LogP contribution in [0.3, 0.4) is 0 Å². The molecule has 0 aliphatic carbocycles. The Balaban J connectivity index is 2.42. The van der Waals surface area contributed by atoms with E-state index in [0.717, 1.165) is 12.1 Å². The quantitative estimate of drug-likeness (QED) is 0.723. The maximum absolute atomic E-state index is 11.9. The lowest BCUT2D eigenvalue weighted by atomic mass is 10.2. The molecular formula is C14H22N4O2. The highest BCUT2D eigenvalue weighted by Gasteiger charge is 2.11. The zero-order chi connectivity index (χ0) is 15.1. The molecule has 0 aromatic carbocycles. The van der Waals surface area contributed by atoms with Gasteiger partial charge in [0.05, 0.1) is 5.56 Å². The number of amides is 2. The number of aryl methyl sites for hydroxylation is 1. The van der Waals surface area contributed by atoms with Crippen molar-refractivity contribution in [3.8, 4) is 0 Å². The Morgan fingerprint density at radius 2 is 2.15 bits per heavy atom. The van der Waals surface area contributed by atoms with Crippen molar-refractivity contribution in [2.24, 2.45) is 0 Å². The number of nitrogens with zero attached hydrogens (tertiary/aromatic N) is 1. The number of nitrogens with two attached hydrogens (primary N) is 1. The molecule has 0 fully saturated rings. The highest BCUT2D eigenvalue weighted by molar-refractivity contribution is 5.98. The van der Waals surface area contributed by atoms with Gasteiger partial charge in [0, 0.05) is 36.6 Å². The van der Waals surface area contributed by atoms with Gasteiger partial charge in [-0.05, 0) is 26.3 Å². The molecule has 1 unspecified atom stereocenters. The zero-order valence-corrected chi connectivity index (χ0v) is 12.2. The maximum Gasteiger partial charge on any atom is 0.254 e. The fourth-order valence-corrected chi connectivity index (χ4v) is 1.60. The van der Waals surface area contributed by atoms with Crippen LogP contribution in [0.15, 0.2) is 12.3 Å². The summed E-state index contributed by atoms with van der Waals surface area (Å²) in [4.78, 5) is 27.5. The molecule has 0 radical (unpaired) electrons. The molecule has 0 saturated heterocycles. The lowest BCUT2D eigenvalue weighted by molar-refractivity contribution is -0.121. The van der Waals surface area contributed by atoms with Crippen molar-refractivity contribution in [2.45, 2.75) is 39.7 Å². The van der Waals surface area contributed by atoms with Gasteiger partial charge in [0.15, 0.2) is 0 Å². The average Bonchev–Trinajstić information content (AvgIpc) is 2.38. The van der Waals surface area contributed by atoms with Gasteiger partial charge in [0.1, 0.15) is 0 Å². The van der Waals surface area contributed by atoms with Crippen LogP contribution in [0.25, 0.3) is 0 Å². The molecular weight excluding hydrogens is 256 g/mol. The van der Waals surface area contributed by atoms with Crippen LogP contribution in [-0.4, -0.2) is 29.4 Å². The second kappa shape index (κ2) is 7.47. The van der Waals surface area contributed by atoms with Crippen LogP contribution >= 0.6 is 0 Å². The topological polar surface area (TPSA) is 97.1 Å². The molecule has 0 bridgehead atoms. The first kappa shape index (κ1) is 15.9. The standard InChI is InChI=1S/C14H22N4O2/c1-4-9(2)18-13(19)5-6-16-14(20)11-8-17-10(3)7-12(11)15/h7-9H,4-6H2,1-3H3,(H2,15,17)(H,16,20)(H,18,19). The third-order valence-electron chi connectivity index (χ3n) is 2.97. The lowest BCUT2D eigenvalue weighted by Gasteiger charge is -2.12. The van der Waals surface area contributed by atoms with Gasteiger partial charge in [-0.1, -0.05) is 6.92 Å². The number of hydrogen-bond acceptors (Lipinski definition) is 4. The smallest absolute Gasteiger partial charge is 0.254 e. The molecule has 1 aromatic heterocycles. The number of anilines is 1. The number of carbonyl (C=O) groups is 2. The van der Waals surface area contributed by atoms with Gasteiger partial charge >= 0.3 is 0 Å². The Hall–Kier alpha value is -2.11. The molecule has 1 heterocycles. The van der Waals surface area contributed by atoms with Crippen LogP contribution < -0.4 is 16.4 Å². The maximum atomic E-state index is 11.9. The average molecular weight is 278 g/mol. The van der Waals surface area contributed by atoms with Crippen LogP contribution in [0, 0.1) is 6.92 Å². The van der Waals surface area contributed by atoms with Crippen LogP contribution in [0.2, 0.25) is 0 Å². The Morgan fingerprint density at radius 1 is 1.45 bits per heavy atom. The number of rotatable bonds is 6. The first-order valence-corrected chi connectivity index (χ1v) is 6.73. The second-order valence-electron chi connectivity index (χ2n) is 4.80. The minimum Gasteiger partial charge on any atom is -0.398 e. The van der Waals surface area contributed by atoms with Crippen molar-refractivity contribution >= 4 is 17.5 Å². The van der Waals surface area contributed by atoms with Gasteiger partial charge in [0.25, 0.3) is 5.91 Å². The molecule has 20 heavy (non-hydrogen) atoms. The zero-order valence-electron chi connectivity index (χ0n) is 12.2. The van der Waals surface area contributed by atoms with E-state index in [0.29, 0.717) is 11.3 Å². The molecule has 1 rings (SSSR count). The molecule has 1 aromatic rings. The van der Waals surface area contributed by atoms with Crippen LogP contribution in [-0.2, 0) is 4.79 Å². The molecule has 1 atom stereocenters. The Labute approximate surface area is 119 Å². The fraction of sp³-hybridized carbons (Fsp3) is 0.500. The number of aromatic nitrogens is 1. The summed E-state index contributed by atoms with van der Waals surface area (Å²) < 4.78 is 0. The minimum atomic E-state index is -0.314. The Morgan fingerprint density at radius 3 is 2.75 bits per heavy atom. The predicted octanol–water partition coefficient (Wildman–Crippen LogP) is 1.01. The number of pyridine rings is 1. The van der Waals surface area contributed by atoms with E-state index in [-0.39, 0.29) is 30.8 Å². The van der Waals surface area contributed by atoms with Gasteiger partial charge in [-0.3, -0.25) is 14.6 Å². The first-order valence-electron chi connectivity index (χ1n) is 6.73. The SMILES string of the molecule is CCC(C)NC(=O)CCNC(=O)c1cnc(C)cc1N. The molecule has 6 nitrogen and oxygen atoms in total. The molecule has 0 saturated carbocycles. The number of hydrogen-bond donors (Lipinski definition) is 3. The van der Waals surface area contributed by atoms with Gasteiger partial charge in [-0.2, -0.15) is 0 Å². The molecule has 0 spiro atoms. The van der Waals surface area contributed by atoms with E-state index < -0.39 is 0 Å². The monoisotopic (exact) mass is 278 g/mol. The van der Waals surface area contributed by atoms with Crippen molar-refractivity contribution in [3.63, 3.8) is 0 Å². The highest BCUT2D eigenvalue weighted by Crippen LogP contribution is 2.10. The summed E-state index contributed by atoms with van der Waals surface area (Å²) in [5.74, 6) is -0.388. The summed E-state index contributed by atoms with van der Waals surface area (Å²) in [5, 5.41) is 5.50. The van der Waals surface area contributed by atoms with Gasteiger partial charge in [-0.25, -0.2) is 0 Å². The van der Waals surface area contributed by atoms with E-state index in [1.807, 2.05) is 13.8 Å². The van der Waals surface area contributed by atoms with Crippen molar-refractivity contribution in [3.05, 3.63) is 23.5 Å². The van der Waals surface area contributed by atoms with E-state index in [4.69, 9.17) is 5.73 Å². The number of nitrogens with one attached hydrogen (secondary N) is 2. The number of carbonyl (C=O) groups excluding carboxylic acids is 2. The largest absolute Gasteiger partial charge is 0.398 e. The lowest BCUT2D eigenvalue weighted by Crippen LogP contribution is -2.35. The van der Waals surface area contributed by atoms with E-state index in [1.54, 1.807) is 13.0 Å². The minimum absolute atomic E-state index is 0.0744. The third kappa shape index (κ3) is 4.87. The molecule has 0 aliphatic rings. The molecule has 6 heteroatoms. The summed E-state index contributed by atoms with van der Waals surface area (Å²) in [6.07, 6.45) is 2.57. The highest BCUT2D eigenvalue weighted by atomic mass is 16.2. The Kier molecular flexibility index (Phi) is 5.96. The van der Waals surface area contributed by atoms with Crippen molar-refractivity contribution in [1.82, 2.24) is 15.6 Å². The summed E-state index contributed by atoms with van der Waals surface area (Å²) in [6.45, 7) is 6.01. The Bertz CT molecular complexity index is 488. The third-order valence-corrected chi connectivity index (χ3v) is 2.97. The molecule has 110 valence electrons. The first-order chi connectivity index (χ1) is 9.43. The van der Waals surface area contributed by atoms with Gasteiger partial charge < -0.3 is 16.4 Å². The van der Waals surface area contributed by atoms with Gasteiger partial charge in [0.2, 0.25) is 5.91 Å². The van der Waals surface area contributed by atoms with Crippen molar-refractivity contribution < 1.29 is 9.59 Å². The van der Waals surface area contributed by atoms with Crippen molar-refractivity contribution in [2.75, 3.05) is 12.3 Å². The van der Waals surface area contributed by atoms with Gasteiger partial charge in [-0.15, -0.1) is 0 Å². The fourth-order valence-electron chi connectivity index (χ4n) is 1.60. The second-order valence-corrected chi connectivity index (χ2v) is 4.80. The summed E-state index contributed by atoms with van der Waals surface area (Å²) in [6, 6.07) is 1.79. The normalized spacial score (nSPS) is 11.8. The predicted molar refractivity (Wildman–Crippen MR) is 78.2 cm³/mol. The van der Waals surface area contributed by atoms with Crippen molar-refractivity contribution in [1.29, 1.82) is 0 Å². The van der Waals surface area contributed by atoms with E-state index in [2.05, 4.69) is 15.6 Å². The van der Waals surface area contributed by atoms with E-state index in [9.17, 15) is 9.59 Å². The molecule has 0 aliphatic heterocycles.